The van der Waals surface area contributed by atoms with E-state index in [1.54, 1.807) is 12.1 Å². The molecule has 0 aliphatic carbocycles. The van der Waals surface area contributed by atoms with Gasteiger partial charge in [0, 0.05) is 12.4 Å². The number of aryl methyl sites for hydroxylation is 1. The second kappa shape index (κ2) is 5.94. The van der Waals surface area contributed by atoms with Gasteiger partial charge in [-0.05, 0) is 25.1 Å². The van der Waals surface area contributed by atoms with Crippen LogP contribution >= 0.6 is 11.3 Å². The molecule has 9 heteroatoms. The molecule has 0 saturated carbocycles. The number of nitrogens with zero attached hydrogens (tertiary/aromatic N) is 3. The average molecular weight is 348 g/mol. The SMILES string of the molecule is Cc1ccc(S(=O)(=O)n2ccc(C(=O)Nc3nncs3)c2)cc1. The largest absolute Gasteiger partial charge is 0.296 e. The number of rotatable bonds is 4. The molecule has 3 aromatic rings. The van der Waals surface area contributed by atoms with E-state index in [0.29, 0.717) is 5.13 Å². The molecule has 1 amide bonds. The van der Waals surface area contributed by atoms with Crippen molar-refractivity contribution in [2.24, 2.45) is 0 Å². The Labute approximate surface area is 136 Å². The van der Waals surface area contributed by atoms with Crippen molar-refractivity contribution < 1.29 is 13.2 Å². The number of hydrogen-bond acceptors (Lipinski definition) is 6. The summed E-state index contributed by atoms with van der Waals surface area (Å²) >= 11 is 1.18. The van der Waals surface area contributed by atoms with E-state index in [1.165, 1.54) is 47.4 Å². The highest BCUT2D eigenvalue weighted by atomic mass is 32.2. The van der Waals surface area contributed by atoms with E-state index in [0.717, 1.165) is 9.54 Å². The van der Waals surface area contributed by atoms with Crippen molar-refractivity contribution >= 4 is 32.4 Å². The Balaban J connectivity index is 1.86. The molecule has 0 saturated heterocycles. The van der Waals surface area contributed by atoms with Crippen molar-refractivity contribution in [2.45, 2.75) is 11.8 Å². The highest BCUT2D eigenvalue weighted by Gasteiger charge is 2.18. The first-order valence-corrected chi connectivity index (χ1v) is 8.86. The van der Waals surface area contributed by atoms with Gasteiger partial charge in [0.25, 0.3) is 15.9 Å². The Hall–Kier alpha value is -2.52. The molecule has 0 fully saturated rings. The van der Waals surface area contributed by atoms with Gasteiger partial charge in [-0.25, -0.2) is 12.4 Å². The molecule has 0 atom stereocenters. The quantitative estimate of drug-likeness (QED) is 0.779. The second-order valence-electron chi connectivity index (χ2n) is 4.75. The van der Waals surface area contributed by atoms with E-state index in [2.05, 4.69) is 15.5 Å². The fourth-order valence-electron chi connectivity index (χ4n) is 1.89. The maximum atomic E-state index is 12.5. The molecular weight excluding hydrogens is 336 g/mol. The van der Waals surface area contributed by atoms with Gasteiger partial charge in [0.2, 0.25) is 5.13 Å². The van der Waals surface area contributed by atoms with Crippen LogP contribution in [0, 0.1) is 6.92 Å². The standard InChI is InChI=1S/C14H12N4O3S2/c1-10-2-4-12(5-3-10)23(20,21)18-7-6-11(8-18)13(19)16-14-17-15-9-22-14/h2-9H,1H3,(H,16,17,19). The summed E-state index contributed by atoms with van der Waals surface area (Å²) in [6.07, 6.45) is 2.61. The Morgan fingerprint density at radius 3 is 2.61 bits per heavy atom. The smallest absolute Gasteiger partial charge is 0.267 e. The van der Waals surface area contributed by atoms with Gasteiger partial charge in [-0.3, -0.25) is 10.1 Å². The summed E-state index contributed by atoms with van der Waals surface area (Å²) in [6, 6.07) is 7.94. The highest BCUT2D eigenvalue weighted by molar-refractivity contribution is 7.90. The summed E-state index contributed by atoms with van der Waals surface area (Å²) in [7, 11) is -3.72. The van der Waals surface area contributed by atoms with E-state index in [9.17, 15) is 13.2 Å². The number of amides is 1. The van der Waals surface area contributed by atoms with E-state index < -0.39 is 15.9 Å². The van der Waals surface area contributed by atoms with Crippen LogP contribution in [0.25, 0.3) is 0 Å². The minimum Gasteiger partial charge on any atom is -0.296 e. The van der Waals surface area contributed by atoms with Crippen molar-refractivity contribution in [2.75, 3.05) is 5.32 Å². The number of hydrogen-bond donors (Lipinski definition) is 1. The summed E-state index contributed by atoms with van der Waals surface area (Å²) in [5.41, 5.74) is 2.67. The minimum atomic E-state index is -3.72. The fourth-order valence-corrected chi connectivity index (χ4v) is 3.53. The summed E-state index contributed by atoms with van der Waals surface area (Å²) in [4.78, 5) is 12.2. The molecule has 7 nitrogen and oxygen atoms in total. The van der Waals surface area contributed by atoms with E-state index in [1.807, 2.05) is 6.92 Å². The maximum Gasteiger partial charge on any atom is 0.267 e. The molecule has 1 N–H and O–H groups in total. The van der Waals surface area contributed by atoms with Gasteiger partial charge in [-0.1, -0.05) is 29.0 Å². The molecule has 0 radical (unpaired) electrons. The lowest BCUT2D eigenvalue weighted by atomic mass is 10.2. The number of carbonyl (C=O) groups excluding carboxylic acids is 1. The van der Waals surface area contributed by atoms with Crippen LogP contribution in [0.5, 0.6) is 0 Å². The van der Waals surface area contributed by atoms with Gasteiger partial charge in [-0.15, -0.1) is 10.2 Å². The predicted octanol–water partition coefficient (Wildman–Crippen LogP) is 2.14. The Bertz CT molecular complexity index is 929. The molecule has 0 bridgehead atoms. The van der Waals surface area contributed by atoms with Crippen LogP contribution in [0.1, 0.15) is 15.9 Å². The van der Waals surface area contributed by atoms with Crippen LogP contribution in [0.4, 0.5) is 5.13 Å². The van der Waals surface area contributed by atoms with Crippen LogP contribution in [0.15, 0.2) is 53.1 Å². The number of carbonyl (C=O) groups is 1. The van der Waals surface area contributed by atoms with Crippen LogP contribution in [0.2, 0.25) is 0 Å². The second-order valence-corrected chi connectivity index (χ2v) is 7.42. The maximum absolute atomic E-state index is 12.5. The monoisotopic (exact) mass is 348 g/mol. The van der Waals surface area contributed by atoms with Crippen molar-refractivity contribution in [1.29, 1.82) is 0 Å². The molecule has 3 rings (SSSR count). The van der Waals surface area contributed by atoms with Crippen LogP contribution in [-0.4, -0.2) is 28.5 Å². The lowest BCUT2D eigenvalue weighted by Crippen LogP contribution is -2.13. The number of benzene rings is 1. The first kappa shape index (κ1) is 15.4. The highest BCUT2D eigenvalue weighted by Crippen LogP contribution is 2.17. The first-order chi connectivity index (χ1) is 11.0. The summed E-state index contributed by atoms with van der Waals surface area (Å²) in [5, 5.41) is 10.2. The zero-order chi connectivity index (χ0) is 16.4. The Kier molecular flexibility index (Phi) is 3.97. The van der Waals surface area contributed by atoms with Gasteiger partial charge >= 0.3 is 0 Å². The lowest BCUT2D eigenvalue weighted by molar-refractivity contribution is 0.102. The Morgan fingerprint density at radius 2 is 1.96 bits per heavy atom. The molecule has 118 valence electrons. The van der Waals surface area contributed by atoms with Crippen molar-refractivity contribution in [3.63, 3.8) is 0 Å². The molecular formula is C14H12N4O3S2. The van der Waals surface area contributed by atoms with Gasteiger partial charge in [0.05, 0.1) is 10.5 Å². The molecule has 0 unspecified atom stereocenters. The molecule has 23 heavy (non-hydrogen) atoms. The first-order valence-electron chi connectivity index (χ1n) is 6.54. The van der Waals surface area contributed by atoms with Crippen molar-refractivity contribution in [3.05, 3.63) is 59.4 Å². The summed E-state index contributed by atoms with van der Waals surface area (Å²) < 4.78 is 26.0. The van der Waals surface area contributed by atoms with Gasteiger partial charge < -0.3 is 0 Å². The van der Waals surface area contributed by atoms with Gasteiger partial charge in [0.15, 0.2) is 0 Å². The van der Waals surface area contributed by atoms with Gasteiger partial charge in [-0.2, -0.15) is 0 Å². The van der Waals surface area contributed by atoms with Crippen LogP contribution in [0.3, 0.4) is 0 Å². The number of anilines is 1. The summed E-state index contributed by atoms with van der Waals surface area (Å²) in [6.45, 7) is 1.88. The zero-order valence-corrected chi connectivity index (χ0v) is 13.6. The van der Waals surface area contributed by atoms with Gasteiger partial charge in [0.1, 0.15) is 5.51 Å². The molecule has 1 aromatic carbocycles. The Morgan fingerprint density at radius 1 is 1.22 bits per heavy atom. The third-order valence-corrected chi connectivity index (χ3v) is 5.36. The average Bonchev–Trinajstić information content (AvgIpc) is 3.19. The van der Waals surface area contributed by atoms with E-state index in [4.69, 9.17) is 0 Å². The third kappa shape index (κ3) is 3.15. The fraction of sp³-hybridized carbons (Fsp3) is 0.0714. The van der Waals surface area contributed by atoms with E-state index in [-0.39, 0.29) is 10.5 Å². The number of aromatic nitrogens is 3. The molecule has 2 aromatic heterocycles. The van der Waals surface area contributed by atoms with Crippen LogP contribution in [-0.2, 0) is 10.0 Å². The van der Waals surface area contributed by atoms with Crippen molar-refractivity contribution in [1.82, 2.24) is 14.2 Å². The summed E-state index contributed by atoms with van der Waals surface area (Å²) in [5.74, 6) is -0.445. The topological polar surface area (TPSA) is 94.0 Å². The lowest BCUT2D eigenvalue weighted by Gasteiger charge is -2.05. The van der Waals surface area contributed by atoms with Crippen LogP contribution < -0.4 is 5.32 Å². The third-order valence-electron chi connectivity index (χ3n) is 3.11. The predicted molar refractivity (Wildman–Crippen MR) is 86.1 cm³/mol. The molecule has 2 heterocycles. The minimum absolute atomic E-state index is 0.162. The number of nitrogens with one attached hydrogen (secondary N) is 1. The zero-order valence-electron chi connectivity index (χ0n) is 12.0. The normalized spacial score (nSPS) is 11.3. The molecule has 0 aliphatic rings. The molecule has 0 aliphatic heterocycles. The molecule has 0 spiro atoms. The van der Waals surface area contributed by atoms with E-state index >= 15 is 0 Å². The van der Waals surface area contributed by atoms with Crippen molar-refractivity contribution in [3.8, 4) is 0 Å².